The van der Waals surface area contributed by atoms with Gasteiger partial charge >= 0.3 is 0 Å². The van der Waals surface area contributed by atoms with Crippen LogP contribution in [0.25, 0.3) is 0 Å². The summed E-state index contributed by atoms with van der Waals surface area (Å²) in [6, 6.07) is 14.2. The van der Waals surface area contributed by atoms with Gasteiger partial charge in [-0.05, 0) is 48.7 Å². The number of anilines is 1. The zero-order valence-electron chi connectivity index (χ0n) is 16.1. The Morgan fingerprint density at radius 2 is 1.64 bits per heavy atom. The molecule has 2 aromatic rings. The van der Waals surface area contributed by atoms with Gasteiger partial charge in [-0.1, -0.05) is 41.4 Å². The van der Waals surface area contributed by atoms with Gasteiger partial charge in [-0.15, -0.1) is 0 Å². The van der Waals surface area contributed by atoms with Gasteiger partial charge in [-0.2, -0.15) is 0 Å². The molecule has 1 saturated heterocycles. The number of hydrogen-bond acceptors (Lipinski definition) is 3. The first kappa shape index (κ1) is 19.7. The number of carbonyl (C=O) groups excluding carboxylic acids is 1. The average Bonchev–Trinajstić information content (AvgIpc) is 2.98. The summed E-state index contributed by atoms with van der Waals surface area (Å²) < 4.78 is 0. The number of hydrogen-bond donors (Lipinski definition) is 0. The fourth-order valence-electron chi connectivity index (χ4n) is 4.28. The maximum atomic E-state index is 13.0. The van der Waals surface area contributed by atoms with Crippen LogP contribution in [0.1, 0.15) is 18.1 Å². The number of amides is 1. The predicted molar refractivity (Wildman–Crippen MR) is 115 cm³/mol. The van der Waals surface area contributed by atoms with Crippen molar-refractivity contribution in [1.29, 1.82) is 0 Å². The average molecular weight is 418 g/mol. The third kappa shape index (κ3) is 4.36. The van der Waals surface area contributed by atoms with Gasteiger partial charge in [-0.3, -0.25) is 14.6 Å². The van der Waals surface area contributed by atoms with E-state index in [-0.39, 0.29) is 11.9 Å². The van der Waals surface area contributed by atoms with E-state index in [4.69, 9.17) is 23.2 Å². The Hall–Kier alpha value is -1.59. The minimum absolute atomic E-state index is 0.201. The van der Waals surface area contributed by atoms with Crippen LogP contribution in [0.2, 0.25) is 10.0 Å². The molecule has 2 aromatic carbocycles. The Balaban J connectivity index is 1.31. The standard InChI is InChI=1S/C22H25Cl2N3O/c1-16-10-18-4-2-3-5-21(18)27(16)22(28)15-26-8-6-25(7-9-26)14-17-11-19(23)13-20(24)12-17/h2-5,11-13,16H,6-10,14-15H2,1H3/t16-/m1/s1. The van der Waals surface area contributed by atoms with Crippen molar-refractivity contribution in [1.82, 2.24) is 9.80 Å². The third-order valence-corrected chi connectivity index (χ3v) is 6.06. The Labute approximate surface area is 176 Å². The summed E-state index contributed by atoms with van der Waals surface area (Å²) in [4.78, 5) is 19.6. The summed E-state index contributed by atoms with van der Waals surface area (Å²) in [5, 5.41) is 1.35. The first-order chi connectivity index (χ1) is 13.5. The lowest BCUT2D eigenvalue weighted by molar-refractivity contribution is -0.120. The Morgan fingerprint density at radius 3 is 2.36 bits per heavy atom. The van der Waals surface area contributed by atoms with Crippen LogP contribution in [0.4, 0.5) is 5.69 Å². The first-order valence-electron chi connectivity index (χ1n) is 9.79. The maximum absolute atomic E-state index is 13.0. The van der Waals surface area contributed by atoms with Gasteiger partial charge in [-0.25, -0.2) is 0 Å². The SMILES string of the molecule is C[C@@H]1Cc2ccccc2N1C(=O)CN1CCN(Cc2cc(Cl)cc(Cl)c2)CC1. The molecule has 2 aliphatic rings. The monoisotopic (exact) mass is 417 g/mol. The van der Waals surface area contributed by atoms with Gasteiger partial charge in [0.15, 0.2) is 0 Å². The van der Waals surface area contributed by atoms with E-state index in [2.05, 4.69) is 28.9 Å². The van der Waals surface area contributed by atoms with Crippen LogP contribution in [0.15, 0.2) is 42.5 Å². The molecule has 0 radical (unpaired) electrons. The summed E-state index contributed by atoms with van der Waals surface area (Å²) >= 11 is 12.2. The molecule has 1 atom stereocenters. The number of halogens is 2. The molecule has 0 spiro atoms. The van der Waals surface area contributed by atoms with Crippen LogP contribution in [-0.4, -0.2) is 54.5 Å². The fraction of sp³-hybridized carbons (Fsp3) is 0.409. The van der Waals surface area contributed by atoms with E-state index in [1.54, 1.807) is 6.07 Å². The van der Waals surface area contributed by atoms with Crippen molar-refractivity contribution in [2.45, 2.75) is 25.9 Å². The second kappa shape index (κ2) is 8.42. The number of piperazine rings is 1. The van der Waals surface area contributed by atoms with Crippen LogP contribution in [-0.2, 0) is 17.8 Å². The second-order valence-electron chi connectivity index (χ2n) is 7.78. The summed E-state index contributed by atoms with van der Waals surface area (Å²) in [5.41, 5.74) is 3.48. The molecule has 6 heteroatoms. The molecule has 2 aliphatic heterocycles. The minimum atomic E-state index is 0.201. The lowest BCUT2D eigenvalue weighted by Crippen LogP contribution is -2.50. The van der Waals surface area contributed by atoms with Crippen LogP contribution in [0, 0.1) is 0 Å². The topological polar surface area (TPSA) is 26.8 Å². The molecule has 0 unspecified atom stereocenters. The number of rotatable bonds is 4. The van der Waals surface area contributed by atoms with Gasteiger partial charge < -0.3 is 4.90 Å². The van der Waals surface area contributed by atoms with E-state index < -0.39 is 0 Å². The number of nitrogens with zero attached hydrogens (tertiary/aromatic N) is 3. The number of para-hydroxylation sites is 1. The normalized spacial score (nSPS) is 20.4. The van der Waals surface area contributed by atoms with Gasteiger partial charge in [0, 0.05) is 54.5 Å². The molecule has 4 rings (SSSR count). The third-order valence-electron chi connectivity index (χ3n) is 5.63. The lowest BCUT2D eigenvalue weighted by atomic mass is 10.1. The Morgan fingerprint density at radius 1 is 1.00 bits per heavy atom. The highest BCUT2D eigenvalue weighted by molar-refractivity contribution is 6.34. The predicted octanol–water partition coefficient (Wildman–Crippen LogP) is 4.09. The van der Waals surface area contributed by atoms with Crippen molar-refractivity contribution in [2.75, 3.05) is 37.6 Å². The van der Waals surface area contributed by atoms with Crippen LogP contribution in [0.5, 0.6) is 0 Å². The highest BCUT2D eigenvalue weighted by atomic mass is 35.5. The van der Waals surface area contributed by atoms with E-state index in [9.17, 15) is 4.79 Å². The zero-order chi connectivity index (χ0) is 19.7. The van der Waals surface area contributed by atoms with Gasteiger partial charge in [0.1, 0.15) is 0 Å². The molecule has 0 aromatic heterocycles. The van der Waals surface area contributed by atoms with Gasteiger partial charge in [0.05, 0.1) is 6.54 Å². The summed E-state index contributed by atoms with van der Waals surface area (Å²) in [6.45, 7) is 7.10. The van der Waals surface area contributed by atoms with Crippen molar-refractivity contribution in [3.8, 4) is 0 Å². The fourth-order valence-corrected chi connectivity index (χ4v) is 4.85. The highest BCUT2D eigenvalue weighted by Crippen LogP contribution is 2.32. The highest BCUT2D eigenvalue weighted by Gasteiger charge is 2.31. The molecule has 0 aliphatic carbocycles. The molecule has 1 fully saturated rings. The van der Waals surface area contributed by atoms with Crippen LogP contribution < -0.4 is 4.90 Å². The molecule has 0 bridgehead atoms. The molecule has 0 N–H and O–H groups in total. The van der Waals surface area contributed by atoms with Crippen LogP contribution in [0.3, 0.4) is 0 Å². The Bertz CT molecular complexity index is 844. The molecular weight excluding hydrogens is 393 g/mol. The summed E-state index contributed by atoms with van der Waals surface area (Å²) in [6.07, 6.45) is 0.942. The molecule has 4 nitrogen and oxygen atoms in total. The Kier molecular flexibility index (Phi) is 5.93. The van der Waals surface area contributed by atoms with Crippen molar-refractivity contribution in [2.24, 2.45) is 0 Å². The molecule has 2 heterocycles. The molecule has 1 amide bonds. The van der Waals surface area contributed by atoms with Crippen LogP contribution >= 0.6 is 23.2 Å². The van der Waals surface area contributed by atoms with E-state index >= 15 is 0 Å². The largest absolute Gasteiger partial charge is 0.308 e. The first-order valence-corrected chi connectivity index (χ1v) is 10.5. The van der Waals surface area contributed by atoms with Crippen molar-refractivity contribution in [3.05, 3.63) is 63.6 Å². The molecular formula is C22H25Cl2N3O. The van der Waals surface area contributed by atoms with Crippen molar-refractivity contribution in [3.63, 3.8) is 0 Å². The minimum Gasteiger partial charge on any atom is -0.308 e. The van der Waals surface area contributed by atoms with Crippen molar-refractivity contribution < 1.29 is 4.79 Å². The number of carbonyl (C=O) groups is 1. The van der Waals surface area contributed by atoms with E-state index in [1.807, 2.05) is 29.2 Å². The molecule has 148 valence electrons. The number of benzene rings is 2. The van der Waals surface area contributed by atoms with E-state index in [0.29, 0.717) is 16.6 Å². The number of fused-ring (bicyclic) bond motifs is 1. The lowest BCUT2D eigenvalue weighted by Gasteiger charge is -2.35. The van der Waals surface area contributed by atoms with E-state index in [0.717, 1.165) is 50.4 Å². The summed E-state index contributed by atoms with van der Waals surface area (Å²) in [5.74, 6) is 0.201. The second-order valence-corrected chi connectivity index (χ2v) is 8.65. The quantitative estimate of drug-likeness (QED) is 0.749. The molecule has 28 heavy (non-hydrogen) atoms. The molecule has 0 saturated carbocycles. The maximum Gasteiger partial charge on any atom is 0.241 e. The van der Waals surface area contributed by atoms with E-state index in [1.165, 1.54) is 5.56 Å². The van der Waals surface area contributed by atoms with Crippen molar-refractivity contribution >= 4 is 34.8 Å². The van der Waals surface area contributed by atoms with Gasteiger partial charge in [0.2, 0.25) is 5.91 Å². The van der Waals surface area contributed by atoms with Gasteiger partial charge in [0.25, 0.3) is 0 Å². The summed E-state index contributed by atoms with van der Waals surface area (Å²) in [7, 11) is 0. The zero-order valence-corrected chi connectivity index (χ0v) is 17.6. The smallest absolute Gasteiger partial charge is 0.241 e.